The van der Waals surface area contributed by atoms with Crippen LogP contribution in [0.2, 0.25) is 0 Å². The molecule has 0 atom stereocenters. The van der Waals surface area contributed by atoms with Crippen LogP contribution in [-0.2, 0) is 6.54 Å². The van der Waals surface area contributed by atoms with E-state index < -0.39 is 0 Å². The summed E-state index contributed by atoms with van der Waals surface area (Å²) in [5, 5.41) is 6.96. The first-order valence-corrected chi connectivity index (χ1v) is 11.2. The molecule has 3 rings (SSSR count). The SMILES string of the molecule is CCCN1CCC(NC(=NCc2ccc(Oc3cccc(OC)c3)nc2)NCC)CC1.I. The highest BCUT2D eigenvalue weighted by atomic mass is 127. The van der Waals surface area contributed by atoms with Gasteiger partial charge in [-0.25, -0.2) is 9.98 Å². The number of ether oxygens (including phenoxy) is 2. The first-order valence-electron chi connectivity index (χ1n) is 11.2. The first-order chi connectivity index (χ1) is 15.2. The van der Waals surface area contributed by atoms with Gasteiger partial charge in [-0.3, -0.25) is 0 Å². The second kappa shape index (κ2) is 14.2. The molecule has 2 aromatic rings. The third-order valence-electron chi connectivity index (χ3n) is 5.29. The lowest BCUT2D eigenvalue weighted by atomic mass is 10.1. The summed E-state index contributed by atoms with van der Waals surface area (Å²) in [5.41, 5.74) is 1.04. The normalized spacial score (nSPS) is 15.0. The van der Waals surface area contributed by atoms with E-state index in [-0.39, 0.29) is 24.0 Å². The predicted molar refractivity (Wildman–Crippen MR) is 140 cm³/mol. The van der Waals surface area contributed by atoms with E-state index in [9.17, 15) is 0 Å². The molecule has 2 N–H and O–H groups in total. The van der Waals surface area contributed by atoms with Gasteiger partial charge in [0.15, 0.2) is 5.96 Å². The average Bonchev–Trinajstić information content (AvgIpc) is 2.80. The largest absolute Gasteiger partial charge is 0.497 e. The number of benzene rings is 1. The molecule has 0 radical (unpaired) electrons. The predicted octanol–water partition coefficient (Wildman–Crippen LogP) is 4.43. The summed E-state index contributed by atoms with van der Waals surface area (Å²) in [5.74, 6) is 2.86. The number of piperidine rings is 1. The van der Waals surface area contributed by atoms with Crippen molar-refractivity contribution in [3.63, 3.8) is 0 Å². The van der Waals surface area contributed by atoms with Crippen molar-refractivity contribution in [2.24, 2.45) is 4.99 Å². The summed E-state index contributed by atoms with van der Waals surface area (Å²) in [6.45, 7) is 9.25. The molecule has 2 heterocycles. The van der Waals surface area contributed by atoms with Crippen molar-refractivity contribution in [3.05, 3.63) is 48.2 Å². The quantitative estimate of drug-likeness (QED) is 0.272. The van der Waals surface area contributed by atoms with Crippen molar-refractivity contribution < 1.29 is 9.47 Å². The van der Waals surface area contributed by atoms with Gasteiger partial charge >= 0.3 is 0 Å². The molecule has 0 saturated carbocycles. The summed E-state index contributed by atoms with van der Waals surface area (Å²) in [7, 11) is 1.64. The van der Waals surface area contributed by atoms with Crippen LogP contribution in [0.25, 0.3) is 0 Å². The van der Waals surface area contributed by atoms with Crippen molar-refractivity contribution in [2.45, 2.75) is 45.7 Å². The highest BCUT2D eigenvalue weighted by molar-refractivity contribution is 14.0. The second-order valence-corrected chi connectivity index (χ2v) is 7.74. The van der Waals surface area contributed by atoms with Gasteiger partial charge in [-0.2, -0.15) is 0 Å². The number of halogens is 1. The number of aromatic nitrogens is 1. The van der Waals surface area contributed by atoms with Crippen LogP contribution in [0.3, 0.4) is 0 Å². The molecule has 0 amide bonds. The highest BCUT2D eigenvalue weighted by Crippen LogP contribution is 2.23. The number of methoxy groups -OCH3 is 1. The second-order valence-electron chi connectivity index (χ2n) is 7.74. The summed E-state index contributed by atoms with van der Waals surface area (Å²) >= 11 is 0. The first kappa shape index (κ1) is 26.2. The maximum Gasteiger partial charge on any atom is 0.219 e. The fraction of sp³-hybridized carbons (Fsp3) is 0.500. The van der Waals surface area contributed by atoms with E-state index in [0.717, 1.165) is 49.7 Å². The number of pyridine rings is 1. The van der Waals surface area contributed by atoms with Gasteiger partial charge in [-0.05, 0) is 50.4 Å². The Morgan fingerprint density at radius 2 is 1.94 bits per heavy atom. The number of rotatable bonds is 9. The van der Waals surface area contributed by atoms with Crippen LogP contribution >= 0.6 is 24.0 Å². The number of nitrogens with zero attached hydrogens (tertiary/aromatic N) is 3. The molecule has 32 heavy (non-hydrogen) atoms. The van der Waals surface area contributed by atoms with Crippen molar-refractivity contribution in [3.8, 4) is 17.4 Å². The minimum Gasteiger partial charge on any atom is -0.497 e. The van der Waals surface area contributed by atoms with Gasteiger partial charge in [0.25, 0.3) is 0 Å². The summed E-state index contributed by atoms with van der Waals surface area (Å²) < 4.78 is 11.0. The van der Waals surface area contributed by atoms with Gasteiger partial charge in [0.2, 0.25) is 5.88 Å². The van der Waals surface area contributed by atoms with Crippen molar-refractivity contribution in [1.29, 1.82) is 0 Å². The molecule has 1 fully saturated rings. The minimum absolute atomic E-state index is 0. The monoisotopic (exact) mass is 553 g/mol. The number of hydrogen-bond acceptors (Lipinski definition) is 5. The van der Waals surface area contributed by atoms with Crippen LogP contribution in [0.15, 0.2) is 47.6 Å². The Labute approximate surface area is 209 Å². The van der Waals surface area contributed by atoms with E-state index in [4.69, 9.17) is 14.5 Å². The fourth-order valence-corrected chi connectivity index (χ4v) is 3.65. The molecule has 0 unspecified atom stereocenters. The number of hydrogen-bond donors (Lipinski definition) is 2. The molecule has 1 aromatic heterocycles. The van der Waals surface area contributed by atoms with E-state index in [2.05, 4.69) is 34.4 Å². The molecule has 176 valence electrons. The number of aliphatic imine (C=N–C) groups is 1. The molecule has 7 nitrogen and oxygen atoms in total. The lowest BCUT2D eigenvalue weighted by molar-refractivity contribution is 0.206. The molecule has 1 aliphatic rings. The number of likely N-dealkylation sites (tertiary alicyclic amines) is 1. The zero-order valence-electron chi connectivity index (χ0n) is 19.3. The Bertz CT molecular complexity index is 823. The van der Waals surface area contributed by atoms with E-state index in [1.165, 1.54) is 13.0 Å². The topological polar surface area (TPSA) is 71.0 Å². The van der Waals surface area contributed by atoms with Crippen molar-refractivity contribution >= 4 is 29.9 Å². The Morgan fingerprint density at radius 1 is 1.16 bits per heavy atom. The van der Waals surface area contributed by atoms with E-state index in [1.807, 2.05) is 42.6 Å². The molecule has 0 spiro atoms. The van der Waals surface area contributed by atoms with E-state index in [1.54, 1.807) is 7.11 Å². The van der Waals surface area contributed by atoms with Crippen LogP contribution in [0.1, 0.15) is 38.7 Å². The van der Waals surface area contributed by atoms with Crippen molar-refractivity contribution in [1.82, 2.24) is 20.5 Å². The lowest BCUT2D eigenvalue weighted by Gasteiger charge is -2.32. The smallest absolute Gasteiger partial charge is 0.219 e. The summed E-state index contributed by atoms with van der Waals surface area (Å²) in [6, 6.07) is 11.8. The summed E-state index contributed by atoms with van der Waals surface area (Å²) in [4.78, 5) is 11.7. The van der Waals surface area contributed by atoms with Crippen LogP contribution in [0.4, 0.5) is 0 Å². The zero-order chi connectivity index (χ0) is 21.9. The van der Waals surface area contributed by atoms with Crippen LogP contribution in [-0.4, -0.2) is 55.2 Å². The van der Waals surface area contributed by atoms with Gasteiger partial charge in [-0.15, -0.1) is 24.0 Å². The maximum atomic E-state index is 5.81. The molecular weight excluding hydrogens is 517 g/mol. The lowest BCUT2D eigenvalue weighted by Crippen LogP contribution is -2.48. The zero-order valence-corrected chi connectivity index (χ0v) is 21.7. The standard InChI is InChI=1S/C24H35N5O2.HI/c1-4-13-29-14-11-20(12-15-29)28-24(25-5-2)27-18-19-9-10-23(26-17-19)31-22-8-6-7-21(16-22)30-3;/h6-10,16-17,20H,4-5,11-15,18H2,1-3H3,(H2,25,27,28);1H. The molecule has 1 aliphatic heterocycles. The third-order valence-corrected chi connectivity index (χ3v) is 5.29. The Balaban J connectivity index is 0.00000363. The van der Waals surface area contributed by atoms with Crippen LogP contribution < -0.4 is 20.1 Å². The van der Waals surface area contributed by atoms with Gasteiger partial charge in [0, 0.05) is 44.0 Å². The molecule has 8 heteroatoms. The molecule has 1 aromatic carbocycles. The minimum atomic E-state index is 0. The number of guanidine groups is 1. The number of nitrogens with one attached hydrogen (secondary N) is 2. The van der Waals surface area contributed by atoms with Gasteiger partial charge in [0.05, 0.1) is 13.7 Å². The molecule has 1 saturated heterocycles. The van der Waals surface area contributed by atoms with Gasteiger partial charge < -0.3 is 25.0 Å². The summed E-state index contributed by atoms with van der Waals surface area (Å²) in [6.07, 6.45) is 5.34. The van der Waals surface area contributed by atoms with Crippen molar-refractivity contribution in [2.75, 3.05) is 33.3 Å². The Kier molecular flexibility index (Phi) is 11.6. The Morgan fingerprint density at radius 3 is 2.59 bits per heavy atom. The van der Waals surface area contributed by atoms with Crippen LogP contribution in [0.5, 0.6) is 17.4 Å². The van der Waals surface area contributed by atoms with Gasteiger partial charge in [0.1, 0.15) is 11.5 Å². The Hall–Kier alpha value is -2.07. The van der Waals surface area contributed by atoms with E-state index >= 15 is 0 Å². The molecule has 0 aliphatic carbocycles. The average molecular weight is 553 g/mol. The maximum absolute atomic E-state index is 5.81. The van der Waals surface area contributed by atoms with Gasteiger partial charge in [-0.1, -0.05) is 19.1 Å². The van der Waals surface area contributed by atoms with Crippen LogP contribution in [0, 0.1) is 0 Å². The fourth-order valence-electron chi connectivity index (χ4n) is 3.65. The molecular formula is C24H36IN5O2. The molecule has 0 bridgehead atoms. The highest BCUT2D eigenvalue weighted by Gasteiger charge is 2.19. The third kappa shape index (κ3) is 8.46. The van der Waals surface area contributed by atoms with E-state index in [0.29, 0.717) is 24.2 Å².